The number of carbonyl (C=O) groups is 4. The van der Waals surface area contributed by atoms with Crippen LogP contribution in [0.15, 0.2) is 60.9 Å². The van der Waals surface area contributed by atoms with Crippen molar-refractivity contribution < 1.29 is 29.4 Å². The highest BCUT2D eigenvalue weighted by molar-refractivity contribution is 7.80. The van der Waals surface area contributed by atoms with Crippen LogP contribution in [-0.4, -0.2) is 79.9 Å². The number of carboxylic acids is 1. The number of hydrogen-bond donors (Lipinski definition) is 9. The number of aromatic nitrogens is 2. The summed E-state index contributed by atoms with van der Waals surface area (Å²) in [6.45, 7) is 1.34. The first kappa shape index (κ1) is 30.6. The van der Waals surface area contributed by atoms with Gasteiger partial charge in [-0.2, -0.15) is 12.6 Å². The molecule has 5 unspecified atom stereocenters. The monoisotopic (exact) mass is 594 g/mol. The second-order valence-corrected chi connectivity index (χ2v) is 10.5. The summed E-state index contributed by atoms with van der Waals surface area (Å²) in [4.78, 5) is 57.7. The third kappa shape index (κ3) is 7.11. The number of fused-ring (bicyclic) bond motifs is 2. The van der Waals surface area contributed by atoms with Crippen molar-refractivity contribution in [1.29, 1.82) is 0 Å². The van der Waals surface area contributed by atoms with E-state index >= 15 is 0 Å². The van der Waals surface area contributed by atoms with E-state index < -0.39 is 54.0 Å². The van der Waals surface area contributed by atoms with Crippen LogP contribution in [0.5, 0.6) is 0 Å². The van der Waals surface area contributed by atoms with E-state index in [4.69, 9.17) is 5.73 Å². The Balaban J connectivity index is 1.56. The molecular weight excluding hydrogens is 560 g/mol. The van der Waals surface area contributed by atoms with Gasteiger partial charge in [0.05, 0.1) is 6.10 Å². The lowest BCUT2D eigenvalue weighted by Gasteiger charge is -2.25. The van der Waals surface area contributed by atoms with Gasteiger partial charge in [-0.1, -0.05) is 36.4 Å². The zero-order chi connectivity index (χ0) is 30.4. The second-order valence-electron chi connectivity index (χ2n) is 10.1. The summed E-state index contributed by atoms with van der Waals surface area (Å²) in [5.74, 6) is -3.56. The molecule has 5 atom stereocenters. The molecule has 2 aromatic heterocycles. The van der Waals surface area contributed by atoms with Gasteiger partial charge in [0.25, 0.3) is 0 Å². The van der Waals surface area contributed by atoms with Crippen molar-refractivity contribution in [3.63, 3.8) is 0 Å². The lowest BCUT2D eigenvalue weighted by Crippen LogP contribution is -2.59. The van der Waals surface area contributed by atoms with Crippen LogP contribution in [0.3, 0.4) is 0 Å². The number of aliphatic hydroxyl groups is 1. The number of hydrogen-bond acceptors (Lipinski definition) is 7. The topological polar surface area (TPSA) is 202 Å². The van der Waals surface area contributed by atoms with Crippen LogP contribution >= 0.6 is 12.6 Å². The van der Waals surface area contributed by atoms with Crippen molar-refractivity contribution in [3.8, 4) is 0 Å². The summed E-state index contributed by atoms with van der Waals surface area (Å²) in [6.07, 6.45) is 2.30. The number of amides is 3. The van der Waals surface area contributed by atoms with Gasteiger partial charge in [-0.3, -0.25) is 14.4 Å². The largest absolute Gasteiger partial charge is 0.480 e. The molecule has 0 aliphatic carbocycles. The van der Waals surface area contributed by atoms with E-state index in [0.29, 0.717) is 5.56 Å². The van der Waals surface area contributed by atoms with Crippen molar-refractivity contribution in [3.05, 3.63) is 72.1 Å². The van der Waals surface area contributed by atoms with Gasteiger partial charge in [-0.05, 0) is 30.2 Å². The maximum atomic E-state index is 13.6. The zero-order valence-electron chi connectivity index (χ0n) is 22.8. The van der Waals surface area contributed by atoms with Crippen molar-refractivity contribution in [1.82, 2.24) is 25.9 Å². The fourth-order valence-corrected chi connectivity index (χ4v) is 4.93. The molecule has 13 heteroatoms. The average Bonchev–Trinajstić information content (AvgIpc) is 3.58. The third-order valence-corrected chi connectivity index (χ3v) is 7.45. The standard InChI is InChI=1S/C29H34N6O6S/c1-15(36)25(30)28(39)35-24(14-42)27(38)33-22(10-16-12-31-20-8-4-2-6-18(16)20)26(37)34-23(29(40)41)11-17-13-32-21-9-5-3-7-19(17)21/h2-9,12-13,15,22-25,31-32,36,42H,10-11,14,30H2,1H3,(H,33,38)(H,34,37)(H,35,39)(H,40,41). The number of nitrogens with one attached hydrogen (secondary N) is 5. The summed E-state index contributed by atoms with van der Waals surface area (Å²) in [6, 6.07) is 9.91. The lowest BCUT2D eigenvalue weighted by atomic mass is 10.0. The molecule has 42 heavy (non-hydrogen) atoms. The van der Waals surface area contributed by atoms with E-state index in [-0.39, 0.29) is 18.6 Å². The van der Waals surface area contributed by atoms with Crippen molar-refractivity contribution in [2.75, 3.05) is 5.75 Å². The van der Waals surface area contributed by atoms with Gasteiger partial charge in [-0.25, -0.2) is 4.79 Å². The predicted octanol–water partition coefficient (Wildman–Crippen LogP) is 0.611. The number of carbonyl (C=O) groups excluding carboxylic acids is 3. The van der Waals surface area contributed by atoms with Gasteiger partial charge in [-0.15, -0.1) is 0 Å². The van der Waals surface area contributed by atoms with Crippen molar-refractivity contribution in [2.24, 2.45) is 5.73 Å². The molecule has 3 amide bonds. The maximum Gasteiger partial charge on any atom is 0.326 e. The number of benzene rings is 2. The summed E-state index contributed by atoms with van der Waals surface area (Å²) in [5, 5.41) is 28.9. The molecule has 0 bridgehead atoms. The Bertz CT molecular complexity index is 1580. The fourth-order valence-electron chi connectivity index (χ4n) is 4.68. The fraction of sp³-hybridized carbons (Fsp3) is 0.310. The number of H-pyrrole nitrogens is 2. The Labute approximate surface area is 246 Å². The minimum Gasteiger partial charge on any atom is -0.480 e. The Morgan fingerprint density at radius 3 is 1.74 bits per heavy atom. The van der Waals surface area contributed by atoms with Crippen LogP contribution in [0.1, 0.15) is 18.1 Å². The van der Waals surface area contributed by atoms with Crippen LogP contribution in [0, 0.1) is 0 Å². The van der Waals surface area contributed by atoms with Gasteiger partial charge < -0.3 is 41.9 Å². The normalized spacial score (nSPS) is 15.0. The van der Waals surface area contributed by atoms with E-state index in [2.05, 4.69) is 38.5 Å². The van der Waals surface area contributed by atoms with Gasteiger partial charge in [0.1, 0.15) is 24.2 Å². The smallest absolute Gasteiger partial charge is 0.326 e. The van der Waals surface area contributed by atoms with Crippen LogP contribution in [0.2, 0.25) is 0 Å². The van der Waals surface area contributed by atoms with Crippen molar-refractivity contribution >= 4 is 58.1 Å². The molecule has 0 aliphatic rings. The summed E-state index contributed by atoms with van der Waals surface area (Å²) < 4.78 is 0. The number of carboxylic acid groups (broad SMARTS) is 1. The number of thiol groups is 1. The molecule has 4 rings (SSSR count). The molecule has 0 spiro atoms. The van der Waals surface area contributed by atoms with Gasteiger partial charge in [0.15, 0.2) is 0 Å². The molecular formula is C29H34N6O6S. The van der Waals surface area contributed by atoms with Crippen LogP contribution in [0.4, 0.5) is 0 Å². The number of aliphatic carboxylic acids is 1. The van der Waals surface area contributed by atoms with Crippen molar-refractivity contribution in [2.45, 2.75) is 50.0 Å². The lowest BCUT2D eigenvalue weighted by molar-refractivity contribution is -0.142. The Morgan fingerprint density at radius 2 is 1.24 bits per heavy atom. The van der Waals surface area contributed by atoms with Gasteiger partial charge >= 0.3 is 5.97 Å². The number of aliphatic hydroxyl groups excluding tert-OH is 1. The summed E-state index contributed by atoms with van der Waals surface area (Å²) in [7, 11) is 0. The Kier molecular flexibility index (Phi) is 9.88. The van der Waals surface area contributed by atoms with Gasteiger partial charge in [0, 0.05) is 52.8 Å². The number of para-hydroxylation sites is 2. The Hall–Kier alpha value is -4.33. The minimum atomic E-state index is -1.29. The molecule has 222 valence electrons. The van der Waals surface area contributed by atoms with E-state index in [1.165, 1.54) is 6.92 Å². The number of nitrogens with two attached hydrogens (primary N) is 1. The van der Waals surface area contributed by atoms with Crippen LogP contribution < -0.4 is 21.7 Å². The molecule has 0 radical (unpaired) electrons. The molecule has 0 aliphatic heterocycles. The average molecular weight is 595 g/mol. The summed E-state index contributed by atoms with van der Waals surface area (Å²) in [5.41, 5.74) is 8.78. The molecule has 0 fully saturated rings. The predicted molar refractivity (Wildman–Crippen MR) is 161 cm³/mol. The quantitative estimate of drug-likeness (QED) is 0.101. The maximum absolute atomic E-state index is 13.6. The zero-order valence-corrected chi connectivity index (χ0v) is 23.7. The highest BCUT2D eigenvalue weighted by Gasteiger charge is 2.31. The van der Waals surface area contributed by atoms with Crippen LogP contribution in [-0.2, 0) is 32.0 Å². The number of aromatic amines is 2. The molecule has 9 N–H and O–H groups in total. The first-order valence-corrected chi connectivity index (χ1v) is 14.0. The van der Waals surface area contributed by atoms with Gasteiger partial charge in [0.2, 0.25) is 17.7 Å². The van der Waals surface area contributed by atoms with E-state index in [1.807, 2.05) is 48.5 Å². The highest BCUT2D eigenvalue weighted by atomic mass is 32.1. The SMILES string of the molecule is CC(O)C(N)C(=O)NC(CS)C(=O)NC(Cc1c[nH]c2ccccc12)C(=O)NC(Cc1c[nH]c2ccccc12)C(=O)O. The minimum absolute atomic E-state index is 0.00535. The molecule has 4 aromatic rings. The summed E-state index contributed by atoms with van der Waals surface area (Å²) >= 11 is 4.16. The molecule has 0 saturated heterocycles. The third-order valence-electron chi connectivity index (χ3n) is 7.08. The number of rotatable bonds is 13. The van der Waals surface area contributed by atoms with Crippen LogP contribution in [0.25, 0.3) is 21.8 Å². The first-order chi connectivity index (χ1) is 20.1. The first-order valence-electron chi connectivity index (χ1n) is 13.4. The molecule has 12 nitrogen and oxygen atoms in total. The van der Waals surface area contributed by atoms with E-state index in [9.17, 15) is 29.4 Å². The Morgan fingerprint density at radius 1 is 0.786 bits per heavy atom. The van der Waals surface area contributed by atoms with E-state index in [0.717, 1.165) is 27.4 Å². The second kappa shape index (κ2) is 13.6. The molecule has 2 heterocycles. The molecule has 0 saturated carbocycles. The highest BCUT2D eigenvalue weighted by Crippen LogP contribution is 2.21. The molecule has 2 aromatic carbocycles. The van der Waals surface area contributed by atoms with E-state index in [1.54, 1.807) is 12.4 Å².